The highest BCUT2D eigenvalue weighted by atomic mass is 19.4. The normalized spacial score (nSPS) is 29.5. The molecule has 0 radical (unpaired) electrons. The average Bonchev–Trinajstić information content (AvgIpc) is 2.69. The van der Waals surface area contributed by atoms with Crippen LogP contribution in [0.5, 0.6) is 0 Å². The Kier molecular flexibility index (Phi) is 5.03. The van der Waals surface area contributed by atoms with Gasteiger partial charge in [0.25, 0.3) is 0 Å². The first-order valence-corrected chi connectivity index (χ1v) is 6.35. The topological polar surface area (TPSA) is 35.5 Å². The third kappa shape index (κ3) is 3.83. The molecule has 1 saturated carbocycles. The summed E-state index contributed by atoms with van der Waals surface area (Å²) in [6, 6.07) is -0.269. The Labute approximate surface area is 106 Å². The zero-order valence-corrected chi connectivity index (χ0v) is 11.2. The van der Waals surface area contributed by atoms with Crippen molar-refractivity contribution in [1.29, 1.82) is 0 Å². The molecule has 0 amide bonds. The minimum absolute atomic E-state index is 0.0298. The van der Waals surface area contributed by atoms with Crippen LogP contribution in [0.3, 0.4) is 0 Å². The smallest absolute Gasteiger partial charge is 0.394 e. The van der Waals surface area contributed by atoms with Crippen molar-refractivity contribution in [3.63, 3.8) is 0 Å². The Morgan fingerprint density at radius 1 is 1.44 bits per heavy atom. The molecule has 0 aromatic rings. The van der Waals surface area contributed by atoms with Crippen molar-refractivity contribution in [2.45, 2.75) is 56.9 Å². The number of hydrogen-bond acceptors (Lipinski definition) is 3. The number of alkyl halides is 3. The van der Waals surface area contributed by atoms with E-state index in [2.05, 4.69) is 5.32 Å². The first-order valence-electron chi connectivity index (χ1n) is 6.35. The van der Waals surface area contributed by atoms with E-state index < -0.39 is 18.3 Å². The van der Waals surface area contributed by atoms with Crippen molar-refractivity contribution in [3.8, 4) is 0 Å². The molecule has 0 spiro atoms. The average molecular weight is 268 g/mol. The van der Waals surface area contributed by atoms with Crippen molar-refractivity contribution in [2.24, 2.45) is 0 Å². The maximum atomic E-state index is 12.6. The fourth-order valence-corrected chi connectivity index (χ4v) is 2.77. The van der Waals surface area contributed by atoms with Crippen LogP contribution in [0.2, 0.25) is 0 Å². The molecule has 3 nitrogen and oxygen atoms in total. The van der Waals surface area contributed by atoms with E-state index in [9.17, 15) is 18.3 Å². The highest BCUT2D eigenvalue weighted by molar-refractivity contribution is 4.99. The molecule has 2 atom stereocenters. The van der Waals surface area contributed by atoms with Gasteiger partial charge in [0.15, 0.2) is 0 Å². The van der Waals surface area contributed by atoms with Crippen LogP contribution in [0.15, 0.2) is 0 Å². The van der Waals surface area contributed by atoms with Crippen LogP contribution in [0.4, 0.5) is 13.2 Å². The van der Waals surface area contributed by atoms with E-state index in [0.717, 1.165) is 0 Å². The lowest BCUT2D eigenvalue weighted by Crippen LogP contribution is -2.49. The fraction of sp³-hybridized carbons (Fsp3) is 1.00. The molecule has 0 aliphatic heterocycles. The standard InChI is InChI=1S/C12H23F3N2O/c1-9(2)17(7-12(13,14)15)10-4-5-11(6-10,8-18)16-3/h9-10,16,18H,4-8H2,1-3H3. The predicted octanol–water partition coefficient (Wildman–Crippen LogP) is 1.76. The summed E-state index contributed by atoms with van der Waals surface area (Å²) < 4.78 is 37.7. The summed E-state index contributed by atoms with van der Waals surface area (Å²) >= 11 is 0. The third-order valence-electron chi connectivity index (χ3n) is 3.91. The van der Waals surface area contributed by atoms with Gasteiger partial charge in [-0.25, -0.2) is 0 Å². The third-order valence-corrected chi connectivity index (χ3v) is 3.91. The Balaban J connectivity index is 2.72. The molecule has 18 heavy (non-hydrogen) atoms. The van der Waals surface area contributed by atoms with Crippen LogP contribution in [-0.2, 0) is 0 Å². The maximum absolute atomic E-state index is 12.6. The molecule has 1 rings (SSSR count). The molecule has 1 aliphatic carbocycles. The molecule has 0 bridgehead atoms. The van der Waals surface area contributed by atoms with E-state index in [1.54, 1.807) is 20.9 Å². The molecule has 1 aliphatic rings. The van der Waals surface area contributed by atoms with Crippen molar-refractivity contribution in [1.82, 2.24) is 10.2 Å². The van der Waals surface area contributed by atoms with Gasteiger partial charge in [0.2, 0.25) is 0 Å². The molecule has 6 heteroatoms. The summed E-state index contributed by atoms with van der Waals surface area (Å²) in [6.45, 7) is 2.66. The van der Waals surface area contributed by atoms with Crippen molar-refractivity contribution in [2.75, 3.05) is 20.2 Å². The summed E-state index contributed by atoms with van der Waals surface area (Å²) in [7, 11) is 1.75. The predicted molar refractivity (Wildman–Crippen MR) is 64.4 cm³/mol. The fourth-order valence-electron chi connectivity index (χ4n) is 2.77. The molecule has 108 valence electrons. The number of aliphatic hydroxyl groups is 1. The first kappa shape index (κ1) is 15.7. The zero-order chi connectivity index (χ0) is 14.0. The Hall–Kier alpha value is -0.330. The zero-order valence-electron chi connectivity index (χ0n) is 11.2. The van der Waals surface area contributed by atoms with Crippen LogP contribution in [0.1, 0.15) is 33.1 Å². The van der Waals surface area contributed by atoms with E-state index in [-0.39, 0.29) is 18.7 Å². The SMILES string of the molecule is CNC1(CO)CCC(N(CC(F)(F)F)C(C)C)C1. The van der Waals surface area contributed by atoms with E-state index in [4.69, 9.17) is 0 Å². The molecule has 1 fully saturated rings. The molecule has 0 aromatic carbocycles. The number of rotatable bonds is 5. The van der Waals surface area contributed by atoms with Gasteiger partial charge in [0.05, 0.1) is 13.2 Å². The summed E-state index contributed by atoms with van der Waals surface area (Å²) in [5.74, 6) is 0. The van der Waals surface area contributed by atoms with E-state index in [1.807, 2.05) is 0 Å². The number of nitrogens with one attached hydrogen (secondary N) is 1. The van der Waals surface area contributed by atoms with Gasteiger partial charge < -0.3 is 10.4 Å². The van der Waals surface area contributed by atoms with Gasteiger partial charge in [-0.1, -0.05) is 0 Å². The lowest BCUT2D eigenvalue weighted by molar-refractivity contribution is -0.155. The van der Waals surface area contributed by atoms with Crippen LogP contribution < -0.4 is 5.32 Å². The molecule has 0 aromatic heterocycles. The summed E-state index contributed by atoms with van der Waals surface area (Å²) in [5.41, 5.74) is -0.413. The largest absolute Gasteiger partial charge is 0.401 e. The molecular formula is C12H23F3N2O. The van der Waals surface area contributed by atoms with Gasteiger partial charge in [-0.3, -0.25) is 4.90 Å². The van der Waals surface area contributed by atoms with Gasteiger partial charge in [-0.2, -0.15) is 13.2 Å². The highest BCUT2D eigenvalue weighted by Gasteiger charge is 2.43. The van der Waals surface area contributed by atoms with E-state index >= 15 is 0 Å². The van der Waals surface area contributed by atoms with Crippen LogP contribution in [0.25, 0.3) is 0 Å². The van der Waals surface area contributed by atoms with Crippen LogP contribution >= 0.6 is 0 Å². The molecular weight excluding hydrogens is 245 g/mol. The second-order valence-corrected chi connectivity index (χ2v) is 5.47. The lowest BCUT2D eigenvalue weighted by atomic mass is 9.98. The van der Waals surface area contributed by atoms with Crippen molar-refractivity contribution < 1.29 is 18.3 Å². The Morgan fingerprint density at radius 3 is 2.39 bits per heavy atom. The second-order valence-electron chi connectivity index (χ2n) is 5.47. The molecule has 2 N–H and O–H groups in total. The van der Waals surface area contributed by atoms with Crippen LogP contribution in [-0.4, -0.2) is 54.0 Å². The van der Waals surface area contributed by atoms with Crippen molar-refractivity contribution in [3.05, 3.63) is 0 Å². The number of hydrogen-bond donors (Lipinski definition) is 2. The quantitative estimate of drug-likeness (QED) is 0.797. The van der Waals surface area contributed by atoms with Crippen molar-refractivity contribution >= 4 is 0 Å². The lowest BCUT2D eigenvalue weighted by Gasteiger charge is -2.35. The maximum Gasteiger partial charge on any atom is 0.401 e. The van der Waals surface area contributed by atoms with Gasteiger partial charge in [-0.15, -0.1) is 0 Å². The monoisotopic (exact) mass is 268 g/mol. The molecule has 0 saturated heterocycles. The summed E-state index contributed by atoms with van der Waals surface area (Å²) in [4.78, 5) is 1.49. The van der Waals surface area contributed by atoms with Gasteiger partial charge in [-0.05, 0) is 40.2 Å². The number of halogens is 3. The van der Waals surface area contributed by atoms with E-state index in [1.165, 1.54) is 4.90 Å². The van der Waals surface area contributed by atoms with Gasteiger partial charge in [0.1, 0.15) is 0 Å². The first-order chi connectivity index (χ1) is 8.23. The summed E-state index contributed by atoms with van der Waals surface area (Å²) in [6.07, 6.45) is -2.20. The highest BCUT2D eigenvalue weighted by Crippen LogP contribution is 2.34. The minimum Gasteiger partial charge on any atom is -0.394 e. The van der Waals surface area contributed by atoms with Crippen LogP contribution in [0, 0.1) is 0 Å². The number of likely N-dealkylation sites (N-methyl/N-ethyl adjacent to an activating group) is 1. The second kappa shape index (κ2) is 5.75. The minimum atomic E-state index is -4.17. The number of aliphatic hydroxyl groups excluding tert-OH is 1. The van der Waals surface area contributed by atoms with Gasteiger partial charge in [0, 0.05) is 17.6 Å². The molecule has 2 unspecified atom stereocenters. The number of nitrogens with zero attached hydrogens (tertiary/aromatic N) is 1. The van der Waals surface area contributed by atoms with E-state index in [0.29, 0.717) is 19.3 Å². The van der Waals surface area contributed by atoms with Gasteiger partial charge >= 0.3 is 6.18 Å². The molecule has 0 heterocycles. The Morgan fingerprint density at radius 2 is 2.06 bits per heavy atom. The Bertz CT molecular complexity index is 265. The summed E-state index contributed by atoms with van der Waals surface area (Å²) in [5, 5.41) is 12.4.